The Morgan fingerprint density at radius 2 is 1.68 bits per heavy atom. The number of amides is 1. The van der Waals surface area contributed by atoms with E-state index in [2.05, 4.69) is 37.1 Å². The molecule has 162 valence electrons. The van der Waals surface area contributed by atoms with Crippen LogP contribution < -0.4 is 10.2 Å². The number of aromatic nitrogens is 3. The van der Waals surface area contributed by atoms with Gasteiger partial charge in [0.1, 0.15) is 0 Å². The van der Waals surface area contributed by atoms with Crippen LogP contribution in [0, 0.1) is 0 Å². The maximum absolute atomic E-state index is 12.7. The molecule has 1 unspecified atom stereocenters. The minimum Gasteiger partial charge on any atom is -0.378 e. The summed E-state index contributed by atoms with van der Waals surface area (Å²) in [5, 5.41) is 12.4. The molecule has 0 aliphatic carbocycles. The summed E-state index contributed by atoms with van der Waals surface area (Å²) < 4.78 is 7.59. The molecular formula is C23H27N5O2S. The van der Waals surface area contributed by atoms with Crippen LogP contribution in [-0.4, -0.2) is 52.2 Å². The van der Waals surface area contributed by atoms with Crippen molar-refractivity contribution in [3.63, 3.8) is 0 Å². The fourth-order valence-electron chi connectivity index (χ4n) is 3.41. The zero-order chi connectivity index (χ0) is 21.5. The number of ether oxygens (including phenoxy) is 1. The molecule has 1 atom stereocenters. The number of carbonyl (C=O) groups is 1. The van der Waals surface area contributed by atoms with Crippen LogP contribution in [-0.2, 0) is 22.6 Å². The monoisotopic (exact) mass is 437 g/mol. The predicted molar refractivity (Wildman–Crippen MR) is 122 cm³/mol. The lowest BCUT2D eigenvalue weighted by Crippen LogP contribution is -2.38. The molecule has 1 N–H and O–H groups in total. The second-order valence-electron chi connectivity index (χ2n) is 7.42. The number of nitrogens with one attached hydrogen (secondary N) is 1. The van der Waals surface area contributed by atoms with Crippen LogP contribution in [0.15, 0.2) is 65.8 Å². The van der Waals surface area contributed by atoms with Gasteiger partial charge in [0.2, 0.25) is 11.9 Å². The van der Waals surface area contributed by atoms with Gasteiger partial charge in [0.05, 0.1) is 25.0 Å². The molecule has 8 heteroatoms. The SMILES string of the molecule is CC(Sc1nnc(N2CCOCC2)n1Cc1ccccc1)C(=O)NCc1ccccc1. The molecule has 1 saturated heterocycles. The van der Waals surface area contributed by atoms with E-state index in [4.69, 9.17) is 4.74 Å². The predicted octanol–water partition coefficient (Wildman–Crippen LogP) is 2.96. The summed E-state index contributed by atoms with van der Waals surface area (Å²) in [6.45, 7) is 6.00. The first kappa shape index (κ1) is 21.4. The molecule has 7 nitrogen and oxygen atoms in total. The normalized spacial score (nSPS) is 14.9. The second-order valence-corrected chi connectivity index (χ2v) is 8.73. The summed E-state index contributed by atoms with van der Waals surface area (Å²) in [6.07, 6.45) is 0. The molecule has 3 aromatic rings. The van der Waals surface area contributed by atoms with Gasteiger partial charge in [-0.2, -0.15) is 0 Å². The van der Waals surface area contributed by atoms with Crippen molar-refractivity contribution in [2.45, 2.75) is 30.4 Å². The van der Waals surface area contributed by atoms with Gasteiger partial charge >= 0.3 is 0 Å². The molecule has 1 fully saturated rings. The highest BCUT2D eigenvalue weighted by Crippen LogP contribution is 2.27. The number of hydrogen-bond acceptors (Lipinski definition) is 6. The Morgan fingerprint density at radius 1 is 1.03 bits per heavy atom. The average molecular weight is 438 g/mol. The minimum atomic E-state index is -0.292. The van der Waals surface area contributed by atoms with Gasteiger partial charge in [0.15, 0.2) is 5.16 Å². The molecule has 0 saturated carbocycles. The number of carbonyl (C=O) groups excluding carboxylic acids is 1. The van der Waals surface area contributed by atoms with Crippen molar-refractivity contribution in [3.8, 4) is 0 Å². The third-order valence-electron chi connectivity index (χ3n) is 5.14. The van der Waals surface area contributed by atoms with Gasteiger partial charge in [0.25, 0.3) is 0 Å². The first-order valence-electron chi connectivity index (χ1n) is 10.5. The Hall–Kier alpha value is -2.84. The molecule has 0 spiro atoms. The summed E-state index contributed by atoms with van der Waals surface area (Å²) in [6, 6.07) is 20.2. The van der Waals surface area contributed by atoms with E-state index in [0.29, 0.717) is 26.3 Å². The molecule has 0 radical (unpaired) electrons. The Kier molecular flexibility index (Phi) is 7.22. The molecule has 2 aromatic carbocycles. The zero-order valence-electron chi connectivity index (χ0n) is 17.6. The molecule has 1 aromatic heterocycles. The molecule has 0 bridgehead atoms. The second kappa shape index (κ2) is 10.5. The van der Waals surface area contributed by atoms with Crippen LogP contribution in [0.4, 0.5) is 5.95 Å². The highest BCUT2D eigenvalue weighted by molar-refractivity contribution is 8.00. The van der Waals surface area contributed by atoms with E-state index in [1.165, 1.54) is 17.3 Å². The number of morpholine rings is 1. The third kappa shape index (κ3) is 5.65. The van der Waals surface area contributed by atoms with Crippen molar-refractivity contribution in [1.82, 2.24) is 20.1 Å². The van der Waals surface area contributed by atoms with E-state index in [0.717, 1.165) is 29.8 Å². The number of nitrogens with zero attached hydrogens (tertiary/aromatic N) is 4. The van der Waals surface area contributed by atoms with Crippen LogP contribution in [0.3, 0.4) is 0 Å². The van der Waals surface area contributed by atoms with E-state index >= 15 is 0 Å². The van der Waals surface area contributed by atoms with Gasteiger partial charge in [-0.15, -0.1) is 10.2 Å². The van der Waals surface area contributed by atoms with Crippen LogP contribution in [0.1, 0.15) is 18.1 Å². The van der Waals surface area contributed by atoms with E-state index < -0.39 is 0 Å². The molecule has 1 aliphatic heterocycles. The maximum Gasteiger partial charge on any atom is 0.233 e. The lowest BCUT2D eigenvalue weighted by Gasteiger charge is -2.28. The van der Waals surface area contributed by atoms with Crippen molar-refractivity contribution in [2.24, 2.45) is 0 Å². The largest absolute Gasteiger partial charge is 0.378 e. The first-order valence-corrected chi connectivity index (χ1v) is 11.4. The lowest BCUT2D eigenvalue weighted by molar-refractivity contribution is -0.120. The molecule has 31 heavy (non-hydrogen) atoms. The lowest BCUT2D eigenvalue weighted by atomic mass is 10.2. The van der Waals surface area contributed by atoms with Gasteiger partial charge in [-0.1, -0.05) is 72.4 Å². The Bertz CT molecular complexity index is 974. The summed E-state index contributed by atoms with van der Waals surface area (Å²) in [7, 11) is 0. The van der Waals surface area contributed by atoms with Crippen molar-refractivity contribution < 1.29 is 9.53 Å². The standard InChI is InChI=1S/C23H27N5O2S/c1-18(21(29)24-16-19-8-4-2-5-9-19)31-23-26-25-22(27-12-14-30-15-13-27)28(23)17-20-10-6-3-7-11-20/h2-11,18H,12-17H2,1H3,(H,24,29). The van der Waals surface area contributed by atoms with E-state index in [1.807, 2.05) is 55.5 Å². The van der Waals surface area contributed by atoms with Crippen molar-refractivity contribution >= 4 is 23.6 Å². The van der Waals surface area contributed by atoms with Crippen LogP contribution in [0.25, 0.3) is 0 Å². The Labute approximate surface area is 186 Å². The van der Waals surface area contributed by atoms with E-state index in [1.54, 1.807) is 0 Å². The smallest absolute Gasteiger partial charge is 0.233 e. The van der Waals surface area contributed by atoms with Gasteiger partial charge < -0.3 is 15.0 Å². The summed E-state index contributed by atoms with van der Waals surface area (Å²) in [5.74, 6) is 0.808. The van der Waals surface area contributed by atoms with Crippen LogP contribution in [0.2, 0.25) is 0 Å². The number of hydrogen-bond donors (Lipinski definition) is 1. The summed E-state index contributed by atoms with van der Waals surface area (Å²) in [5.41, 5.74) is 2.25. The van der Waals surface area contributed by atoms with Crippen LogP contribution >= 0.6 is 11.8 Å². The van der Waals surface area contributed by atoms with Crippen LogP contribution in [0.5, 0.6) is 0 Å². The van der Waals surface area contributed by atoms with Crippen molar-refractivity contribution in [1.29, 1.82) is 0 Å². The Balaban J connectivity index is 1.48. The van der Waals surface area contributed by atoms with Gasteiger partial charge in [0, 0.05) is 19.6 Å². The van der Waals surface area contributed by atoms with Crippen molar-refractivity contribution in [2.75, 3.05) is 31.2 Å². The fourth-order valence-corrected chi connectivity index (χ4v) is 4.28. The maximum atomic E-state index is 12.7. The molecular weight excluding hydrogens is 410 g/mol. The van der Waals surface area contributed by atoms with Gasteiger partial charge in [-0.25, -0.2) is 0 Å². The van der Waals surface area contributed by atoms with E-state index in [-0.39, 0.29) is 11.2 Å². The number of anilines is 1. The van der Waals surface area contributed by atoms with Crippen molar-refractivity contribution in [3.05, 3.63) is 71.8 Å². The topological polar surface area (TPSA) is 72.3 Å². The third-order valence-corrected chi connectivity index (χ3v) is 6.22. The highest BCUT2D eigenvalue weighted by atomic mass is 32.2. The molecule has 1 aliphatic rings. The van der Waals surface area contributed by atoms with Gasteiger partial charge in [-0.3, -0.25) is 9.36 Å². The fraction of sp³-hybridized carbons (Fsp3) is 0.348. The Morgan fingerprint density at radius 3 is 2.35 bits per heavy atom. The quantitative estimate of drug-likeness (QED) is 0.547. The number of benzene rings is 2. The molecule has 4 rings (SSSR count). The molecule has 2 heterocycles. The zero-order valence-corrected chi connectivity index (χ0v) is 18.4. The summed E-state index contributed by atoms with van der Waals surface area (Å²) >= 11 is 1.44. The van der Waals surface area contributed by atoms with Gasteiger partial charge in [-0.05, 0) is 18.1 Å². The first-order chi connectivity index (χ1) is 15.2. The number of thioether (sulfide) groups is 1. The highest BCUT2D eigenvalue weighted by Gasteiger charge is 2.24. The molecule has 1 amide bonds. The van der Waals surface area contributed by atoms with E-state index in [9.17, 15) is 4.79 Å². The number of rotatable bonds is 8. The minimum absolute atomic E-state index is 0.0176. The average Bonchev–Trinajstić information content (AvgIpc) is 3.21. The summed E-state index contributed by atoms with van der Waals surface area (Å²) in [4.78, 5) is 14.9.